The highest BCUT2D eigenvalue weighted by Crippen LogP contribution is 2.31. The smallest absolute Gasteiger partial charge is 0.135 e. The van der Waals surface area contributed by atoms with E-state index in [1.165, 1.54) is 12.1 Å². The second kappa shape index (κ2) is 4.68. The molecule has 0 saturated heterocycles. The molecule has 3 aromatic rings. The quantitative estimate of drug-likeness (QED) is 0.755. The zero-order valence-corrected chi connectivity index (χ0v) is 10.7. The van der Waals surface area contributed by atoms with E-state index in [0.29, 0.717) is 22.9 Å². The summed E-state index contributed by atoms with van der Waals surface area (Å²) in [5, 5.41) is 1.36. The van der Waals surface area contributed by atoms with Crippen LogP contribution in [0.3, 0.4) is 0 Å². The molecule has 0 bridgehead atoms. The average Bonchev–Trinajstić information content (AvgIpc) is 2.81. The highest BCUT2D eigenvalue weighted by atomic mass is 35.5. The molecule has 96 valence electrons. The van der Waals surface area contributed by atoms with Crippen molar-refractivity contribution in [3.8, 4) is 11.3 Å². The number of rotatable bonds is 2. The van der Waals surface area contributed by atoms with Gasteiger partial charge in [0.1, 0.15) is 17.2 Å². The summed E-state index contributed by atoms with van der Waals surface area (Å²) < 4.78 is 18.9. The van der Waals surface area contributed by atoms with Crippen molar-refractivity contribution < 1.29 is 8.81 Å². The first-order valence-corrected chi connectivity index (χ1v) is 6.23. The van der Waals surface area contributed by atoms with E-state index in [1.54, 1.807) is 18.2 Å². The number of furan rings is 1. The molecule has 19 heavy (non-hydrogen) atoms. The Morgan fingerprint density at radius 1 is 1.11 bits per heavy atom. The van der Waals surface area contributed by atoms with Crippen molar-refractivity contribution in [2.75, 3.05) is 0 Å². The van der Waals surface area contributed by atoms with E-state index in [-0.39, 0.29) is 5.82 Å². The Kier molecular flexibility index (Phi) is 3.01. The molecule has 0 spiro atoms. The third-order valence-corrected chi connectivity index (χ3v) is 3.27. The minimum absolute atomic E-state index is 0.282. The van der Waals surface area contributed by atoms with Gasteiger partial charge in [0, 0.05) is 22.5 Å². The summed E-state index contributed by atoms with van der Waals surface area (Å²) in [4.78, 5) is 0. The Bertz CT molecular complexity index is 751. The van der Waals surface area contributed by atoms with Crippen LogP contribution in [0.5, 0.6) is 0 Å². The van der Waals surface area contributed by atoms with Crippen molar-refractivity contribution in [3.05, 3.63) is 58.9 Å². The Morgan fingerprint density at radius 2 is 1.95 bits per heavy atom. The number of nitrogens with two attached hydrogens (primary N) is 1. The molecule has 0 radical (unpaired) electrons. The highest BCUT2D eigenvalue weighted by molar-refractivity contribution is 6.30. The number of benzene rings is 2. The Morgan fingerprint density at radius 3 is 2.74 bits per heavy atom. The number of fused-ring (bicyclic) bond motifs is 1. The largest absolute Gasteiger partial charge is 0.456 e. The molecule has 0 saturated carbocycles. The summed E-state index contributed by atoms with van der Waals surface area (Å²) in [6.07, 6.45) is 0. The van der Waals surface area contributed by atoms with Gasteiger partial charge in [-0.05, 0) is 48.0 Å². The van der Waals surface area contributed by atoms with Gasteiger partial charge in [0.25, 0.3) is 0 Å². The van der Waals surface area contributed by atoms with Gasteiger partial charge in [-0.2, -0.15) is 0 Å². The fourth-order valence-electron chi connectivity index (χ4n) is 2.12. The zero-order chi connectivity index (χ0) is 13.4. The van der Waals surface area contributed by atoms with Gasteiger partial charge in [-0.25, -0.2) is 4.39 Å². The first kappa shape index (κ1) is 12.2. The van der Waals surface area contributed by atoms with Gasteiger partial charge >= 0.3 is 0 Å². The maximum atomic E-state index is 13.2. The summed E-state index contributed by atoms with van der Waals surface area (Å²) >= 11 is 5.95. The second-order valence-electron chi connectivity index (χ2n) is 4.30. The second-order valence-corrected chi connectivity index (χ2v) is 4.73. The van der Waals surface area contributed by atoms with E-state index in [0.717, 1.165) is 16.5 Å². The van der Waals surface area contributed by atoms with Crippen LogP contribution in [0.4, 0.5) is 4.39 Å². The van der Waals surface area contributed by atoms with Gasteiger partial charge < -0.3 is 10.2 Å². The molecule has 3 rings (SSSR count). The molecular weight excluding hydrogens is 265 g/mol. The fraction of sp³-hybridized carbons (Fsp3) is 0.0667. The van der Waals surface area contributed by atoms with E-state index in [9.17, 15) is 4.39 Å². The normalized spacial score (nSPS) is 11.1. The van der Waals surface area contributed by atoms with Crippen LogP contribution in [0.25, 0.3) is 22.3 Å². The van der Waals surface area contributed by atoms with Crippen molar-refractivity contribution in [2.45, 2.75) is 6.54 Å². The van der Waals surface area contributed by atoms with Crippen LogP contribution in [0.15, 0.2) is 46.9 Å². The predicted molar refractivity (Wildman–Crippen MR) is 74.5 cm³/mol. The van der Waals surface area contributed by atoms with E-state index >= 15 is 0 Å². The Labute approximate surface area is 114 Å². The molecule has 0 amide bonds. The summed E-state index contributed by atoms with van der Waals surface area (Å²) in [7, 11) is 0. The topological polar surface area (TPSA) is 39.2 Å². The average molecular weight is 276 g/mol. The zero-order valence-electron chi connectivity index (χ0n) is 9.99. The molecule has 1 heterocycles. The van der Waals surface area contributed by atoms with Crippen molar-refractivity contribution >= 4 is 22.6 Å². The van der Waals surface area contributed by atoms with Gasteiger partial charge in [0.05, 0.1) is 0 Å². The molecule has 0 aliphatic heterocycles. The van der Waals surface area contributed by atoms with Crippen LogP contribution in [0.2, 0.25) is 5.02 Å². The minimum Gasteiger partial charge on any atom is -0.456 e. The molecule has 2 aromatic carbocycles. The fourth-order valence-corrected chi connectivity index (χ4v) is 2.31. The number of hydrogen-bond acceptors (Lipinski definition) is 2. The third kappa shape index (κ3) is 2.23. The lowest BCUT2D eigenvalue weighted by molar-refractivity contribution is 0.618. The lowest BCUT2D eigenvalue weighted by Crippen LogP contribution is -1.98. The van der Waals surface area contributed by atoms with E-state index in [4.69, 9.17) is 21.8 Å². The van der Waals surface area contributed by atoms with Crippen molar-refractivity contribution in [3.63, 3.8) is 0 Å². The van der Waals surface area contributed by atoms with Crippen LogP contribution < -0.4 is 5.73 Å². The standard InChI is InChI=1S/C15H11ClFNO/c16-11-1-3-13(10(5-11)8-18)15-7-9-6-12(17)2-4-14(9)19-15/h1-7H,8,18H2. The van der Waals surface area contributed by atoms with Crippen molar-refractivity contribution in [1.82, 2.24) is 0 Å². The predicted octanol–water partition coefficient (Wildman–Crippen LogP) is 4.35. The molecule has 2 nitrogen and oxygen atoms in total. The molecule has 1 aromatic heterocycles. The summed E-state index contributed by atoms with van der Waals surface area (Å²) in [6.45, 7) is 0.362. The first-order chi connectivity index (χ1) is 9.17. The third-order valence-electron chi connectivity index (χ3n) is 3.03. The Hall–Kier alpha value is -1.84. The molecule has 0 aliphatic rings. The van der Waals surface area contributed by atoms with Crippen molar-refractivity contribution in [2.24, 2.45) is 5.73 Å². The van der Waals surface area contributed by atoms with Crippen LogP contribution in [0.1, 0.15) is 5.56 Å². The highest BCUT2D eigenvalue weighted by Gasteiger charge is 2.11. The van der Waals surface area contributed by atoms with Crippen LogP contribution >= 0.6 is 11.6 Å². The first-order valence-electron chi connectivity index (χ1n) is 5.85. The maximum Gasteiger partial charge on any atom is 0.135 e. The lowest BCUT2D eigenvalue weighted by atomic mass is 10.1. The molecule has 2 N–H and O–H groups in total. The summed E-state index contributed by atoms with van der Waals surface area (Å²) in [5.41, 5.74) is 8.14. The molecule has 0 fully saturated rings. The van der Waals surface area contributed by atoms with Gasteiger partial charge in [-0.15, -0.1) is 0 Å². The molecular formula is C15H11ClFNO. The molecule has 0 unspecified atom stereocenters. The summed E-state index contributed by atoms with van der Waals surface area (Å²) in [5.74, 6) is 0.382. The minimum atomic E-state index is -0.282. The van der Waals surface area contributed by atoms with Gasteiger partial charge in [0.15, 0.2) is 0 Å². The van der Waals surface area contributed by atoms with Gasteiger partial charge in [0.2, 0.25) is 0 Å². The van der Waals surface area contributed by atoms with Crippen molar-refractivity contribution in [1.29, 1.82) is 0 Å². The van der Waals surface area contributed by atoms with Gasteiger partial charge in [-0.3, -0.25) is 0 Å². The molecule has 0 atom stereocenters. The molecule has 4 heteroatoms. The van der Waals surface area contributed by atoms with Gasteiger partial charge in [-0.1, -0.05) is 11.6 Å². The summed E-state index contributed by atoms with van der Waals surface area (Å²) in [6, 6.07) is 11.7. The van der Waals surface area contributed by atoms with Crippen LogP contribution in [-0.2, 0) is 6.54 Å². The molecule has 0 aliphatic carbocycles. The van der Waals surface area contributed by atoms with E-state index in [2.05, 4.69) is 0 Å². The number of hydrogen-bond donors (Lipinski definition) is 1. The van der Waals surface area contributed by atoms with E-state index < -0.39 is 0 Å². The monoisotopic (exact) mass is 275 g/mol. The number of halogens is 2. The maximum absolute atomic E-state index is 13.2. The Balaban J connectivity index is 2.18. The van der Waals surface area contributed by atoms with E-state index in [1.807, 2.05) is 12.1 Å². The van der Waals surface area contributed by atoms with Crippen LogP contribution in [0, 0.1) is 5.82 Å². The lowest BCUT2D eigenvalue weighted by Gasteiger charge is -2.05. The SMILES string of the molecule is NCc1cc(Cl)ccc1-c1cc2cc(F)ccc2o1. The van der Waals surface area contributed by atoms with Crippen LogP contribution in [-0.4, -0.2) is 0 Å².